The summed E-state index contributed by atoms with van der Waals surface area (Å²) in [4.78, 5) is 4.85. The van der Waals surface area contributed by atoms with Crippen molar-refractivity contribution in [1.82, 2.24) is 10.6 Å². The lowest BCUT2D eigenvalue weighted by atomic mass is 9.67. The first kappa shape index (κ1) is 22.9. The molecule has 2 aliphatic rings. The summed E-state index contributed by atoms with van der Waals surface area (Å²) in [6, 6.07) is 6.35. The van der Waals surface area contributed by atoms with Crippen molar-refractivity contribution in [3.8, 4) is 5.75 Å². The minimum Gasteiger partial charge on any atom is -0.491 e. The number of ether oxygens (including phenoxy) is 3. The highest BCUT2D eigenvalue weighted by Crippen LogP contribution is 2.43. The monoisotopic (exact) mass is 417 g/mol. The molecular formula is C24H39N3O3. The molecule has 1 unspecified atom stereocenters. The third-order valence-corrected chi connectivity index (χ3v) is 6.30. The van der Waals surface area contributed by atoms with Gasteiger partial charge in [-0.25, -0.2) is 4.99 Å². The van der Waals surface area contributed by atoms with Crippen molar-refractivity contribution in [1.29, 1.82) is 0 Å². The maximum absolute atomic E-state index is 6.13. The smallest absolute Gasteiger partial charge is 0.191 e. The van der Waals surface area contributed by atoms with E-state index in [1.807, 2.05) is 0 Å². The largest absolute Gasteiger partial charge is 0.491 e. The molecule has 0 spiro atoms. The van der Waals surface area contributed by atoms with Gasteiger partial charge in [-0.1, -0.05) is 18.6 Å². The Morgan fingerprint density at radius 1 is 1.27 bits per heavy atom. The average molecular weight is 418 g/mol. The number of nitrogens with zero attached hydrogens (tertiary/aromatic N) is 1. The summed E-state index contributed by atoms with van der Waals surface area (Å²) in [6.07, 6.45) is 7.38. The third kappa shape index (κ3) is 6.61. The zero-order valence-electron chi connectivity index (χ0n) is 19.0. The fourth-order valence-electron chi connectivity index (χ4n) is 4.17. The van der Waals surface area contributed by atoms with Crippen LogP contribution < -0.4 is 15.4 Å². The van der Waals surface area contributed by atoms with Crippen LogP contribution in [0, 0.1) is 12.3 Å². The lowest BCUT2D eigenvalue weighted by Gasteiger charge is -2.42. The van der Waals surface area contributed by atoms with Crippen LogP contribution in [0.1, 0.15) is 56.6 Å². The van der Waals surface area contributed by atoms with Crippen molar-refractivity contribution < 1.29 is 14.2 Å². The highest BCUT2D eigenvalue weighted by atomic mass is 16.5. The molecule has 6 nitrogen and oxygen atoms in total. The number of guanidine groups is 1. The van der Waals surface area contributed by atoms with Crippen molar-refractivity contribution >= 4 is 5.96 Å². The zero-order chi connectivity index (χ0) is 21.2. The van der Waals surface area contributed by atoms with Gasteiger partial charge in [-0.05, 0) is 63.0 Å². The maximum Gasteiger partial charge on any atom is 0.191 e. The molecule has 1 saturated heterocycles. The van der Waals surface area contributed by atoms with E-state index < -0.39 is 0 Å². The normalized spacial score (nSPS) is 20.6. The van der Waals surface area contributed by atoms with E-state index in [2.05, 4.69) is 42.7 Å². The fraction of sp³-hybridized carbons (Fsp3) is 0.708. The van der Waals surface area contributed by atoms with Crippen molar-refractivity contribution in [3.63, 3.8) is 0 Å². The van der Waals surface area contributed by atoms with Gasteiger partial charge in [0.25, 0.3) is 0 Å². The predicted octanol–water partition coefficient (Wildman–Crippen LogP) is 3.81. The quantitative estimate of drug-likeness (QED) is 0.423. The van der Waals surface area contributed by atoms with Gasteiger partial charge >= 0.3 is 0 Å². The van der Waals surface area contributed by atoms with E-state index in [9.17, 15) is 0 Å². The molecule has 168 valence electrons. The molecule has 1 saturated carbocycles. The van der Waals surface area contributed by atoms with Crippen LogP contribution in [0.4, 0.5) is 0 Å². The Balaban J connectivity index is 1.60. The minimum absolute atomic E-state index is 0.214. The summed E-state index contributed by atoms with van der Waals surface area (Å²) < 4.78 is 17.2. The number of hydrogen-bond donors (Lipinski definition) is 2. The molecule has 0 bridgehead atoms. The van der Waals surface area contributed by atoms with Crippen LogP contribution in [0.3, 0.4) is 0 Å². The van der Waals surface area contributed by atoms with Crippen LogP contribution in [0.25, 0.3) is 0 Å². The number of methoxy groups -OCH3 is 1. The summed E-state index contributed by atoms with van der Waals surface area (Å²) in [7, 11) is 1.78. The van der Waals surface area contributed by atoms with Crippen LogP contribution in [0.5, 0.6) is 5.75 Å². The number of benzene rings is 1. The highest BCUT2D eigenvalue weighted by Gasteiger charge is 2.36. The first-order chi connectivity index (χ1) is 14.6. The summed E-state index contributed by atoms with van der Waals surface area (Å²) >= 11 is 0. The Morgan fingerprint density at radius 3 is 2.80 bits per heavy atom. The van der Waals surface area contributed by atoms with Gasteiger partial charge in [-0.3, -0.25) is 0 Å². The second-order valence-electron chi connectivity index (χ2n) is 8.70. The van der Waals surface area contributed by atoms with Crippen LogP contribution in [0.15, 0.2) is 23.2 Å². The summed E-state index contributed by atoms with van der Waals surface area (Å²) in [5.41, 5.74) is 2.65. The molecule has 0 radical (unpaired) electrons. The van der Waals surface area contributed by atoms with Gasteiger partial charge in [0.2, 0.25) is 0 Å². The highest BCUT2D eigenvalue weighted by molar-refractivity contribution is 5.79. The van der Waals surface area contributed by atoms with E-state index in [-0.39, 0.29) is 6.10 Å². The fourth-order valence-corrected chi connectivity index (χ4v) is 4.17. The molecular weight excluding hydrogens is 378 g/mol. The number of hydrogen-bond acceptors (Lipinski definition) is 4. The molecule has 1 heterocycles. The van der Waals surface area contributed by atoms with Gasteiger partial charge in [-0.2, -0.15) is 0 Å². The standard InChI is InChI=1S/C24H39N3O3/c1-4-25-23(27-18-24(10-6-11-24)12-14-28-3)26-16-20-9-8-19(2)15-22(20)30-17-21-7-5-13-29-21/h8-9,15,21H,4-7,10-14,16-18H2,1-3H3,(H2,25,26,27). The SMILES string of the molecule is CCNC(=NCc1ccc(C)cc1OCC1CCCO1)NCC1(CCOC)CCC1. The molecule has 1 atom stereocenters. The van der Waals surface area contributed by atoms with E-state index in [1.54, 1.807) is 7.11 Å². The molecule has 2 fully saturated rings. The summed E-state index contributed by atoms with van der Waals surface area (Å²) in [5, 5.41) is 6.96. The average Bonchev–Trinajstić information content (AvgIpc) is 3.24. The van der Waals surface area contributed by atoms with E-state index in [1.165, 1.54) is 24.8 Å². The number of nitrogens with one attached hydrogen (secondary N) is 2. The molecule has 3 rings (SSSR count). The summed E-state index contributed by atoms with van der Waals surface area (Å²) in [5.74, 6) is 1.78. The van der Waals surface area contributed by atoms with Crippen molar-refractivity contribution in [2.24, 2.45) is 10.4 Å². The van der Waals surface area contributed by atoms with Gasteiger partial charge in [0.15, 0.2) is 5.96 Å². The van der Waals surface area contributed by atoms with Crippen molar-refractivity contribution in [3.05, 3.63) is 29.3 Å². The Hall–Kier alpha value is -1.79. The van der Waals surface area contributed by atoms with Crippen LogP contribution in [-0.2, 0) is 16.0 Å². The molecule has 1 aliphatic carbocycles. The number of aliphatic imine (C=N–C) groups is 1. The number of rotatable bonds is 11. The molecule has 1 aliphatic heterocycles. The van der Waals surface area contributed by atoms with Crippen LogP contribution in [0.2, 0.25) is 0 Å². The maximum atomic E-state index is 6.13. The van der Waals surface area contributed by atoms with Gasteiger partial charge < -0.3 is 24.8 Å². The van der Waals surface area contributed by atoms with Crippen molar-refractivity contribution in [2.75, 3.05) is 40.0 Å². The van der Waals surface area contributed by atoms with Crippen LogP contribution in [-0.4, -0.2) is 52.1 Å². The Bertz CT molecular complexity index is 682. The molecule has 1 aromatic rings. The Morgan fingerprint density at radius 2 is 2.13 bits per heavy atom. The molecule has 1 aromatic carbocycles. The third-order valence-electron chi connectivity index (χ3n) is 6.30. The Kier molecular flexibility index (Phi) is 8.82. The van der Waals surface area contributed by atoms with E-state index in [4.69, 9.17) is 19.2 Å². The minimum atomic E-state index is 0.214. The van der Waals surface area contributed by atoms with Gasteiger partial charge in [0.05, 0.1) is 12.6 Å². The second kappa shape index (κ2) is 11.6. The van der Waals surface area contributed by atoms with E-state index >= 15 is 0 Å². The predicted molar refractivity (Wildman–Crippen MR) is 121 cm³/mol. The lowest BCUT2D eigenvalue weighted by Crippen LogP contribution is -2.47. The zero-order valence-corrected chi connectivity index (χ0v) is 19.0. The molecule has 30 heavy (non-hydrogen) atoms. The second-order valence-corrected chi connectivity index (χ2v) is 8.70. The molecule has 2 N–H and O–H groups in total. The summed E-state index contributed by atoms with van der Waals surface area (Å²) in [6.45, 7) is 8.85. The lowest BCUT2D eigenvalue weighted by molar-refractivity contribution is 0.0676. The first-order valence-corrected chi connectivity index (χ1v) is 11.5. The number of aryl methyl sites for hydroxylation is 1. The van der Waals surface area contributed by atoms with Crippen molar-refractivity contribution in [2.45, 2.75) is 65.0 Å². The Labute approximate surface area is 181 Å². The first-order valence-electron chi connectivity index (χ1n) is 11.5. The van der Waals surface area contributed by atoms with E-state index in [0.717, 1.165) is 62.8 Å². The molecule has 0 amide bonds. The van der Waals surface area contributed by atoms with Gasteiger partial charge in [-0.15, -0.1) is 0 Å². The van der Waals surface area contributed by atoms with Gasteiger partial charge in [0, 0.05) is 39.0 Å². The molecule has 6 heteroatoms. The topological polar surface area (TPSA) is 64.1 Å². The van der Waals surface area contributed by atoms with Crippen LogP contribution >= 0.6 is 0 Å². The molecule has 0 aromatic heterocycles. The van der Waals surface area contributed by atoms with Gasteiger partial charge in [0.1, 0.15) is 12.4 Å². The van der Waals surface area contributed by atoms with E-state index in [0.29, 0.717) is 18.6 Å².